The quantitative estimate of drug-likeness (QED) is 0.328. The number of benzene rings is 3. The van der Waals surface area contributed by atoms with Gasteiger partial charge >= 0.3 is 17.9 Å². The molecule has 4 rings (SSSR count). The second-order valence-electron chi connectivity index (χ2n) is 8.78. The van der Waals surface area contributed by atoms with Crippen molar-refractivity contribution in [1.82, 2.24) is 0 Å². The highest BCUT2D eigenvalue weighted by molar-refractivity contribution is 5.91. The molecule has 0 radical (unpaired) electrons. The third kappa shape index (κ3) is 5.71. The molecule has 0 spiro atoms. The van der Waals surface area contributed by atoms with Crippen molar-refractivity contribution >= 4 is 17.9 Å². The standard InChI is InChI=1S/C29H28O8/c1-19(34-25(30)20-13-7-4-8-14-20)23-24(36-26(31)21-15-9-5-10-16-21)29(2,28(33-3)35-23)37-27(32)22-17-11-6-12-18-22/h4-19,23-24,28H,1-3H3/t19-,23-,24-,28?,29-/m1/s1. The Hall–Kier alpha value is -4.01. The van der Waals surface area contributed by atoms with Crippen LogP contribution in [0, 0.1) is 0 Å². The molecule has 0 bridgehead atoms. The van der Waals surface area contributed by atoms with Crippen LogP contribution < -0.4 is 0 Å². The summed E-state index contributed by atoms with van der Waals surface area (Å²) in [6.45, 7) is 3.18. The van der Waals surface area contributed by atoms with Crippen LogP contribution in [-0.2, 0) is 23.7 Å². The van der Waals surface area contributed by atoms with Gasteiger partial charge in [0.2, 0.25) is 6.29 Å². The number of carbonyl (C=O) groups is 3. The van der Waals surface area contributed by atoms with Gasteiger partial charge in [-0.1, -0.05) is 54.6 Å². The number of hydrogen-bond donors (Lipinski definition) is 0. The van der Waals surface area contributed by atoms with Gasteiger partial charge in [-0.2, -0.15) is 0 Å². The van der Waals surface area contributed by atoms with Crippen molar-refractivity contribution in [3.63, 3.8) is 0 Å². The molecule has 3 aromatic carbocycles. The molecule has 3 aromatic rings. The van der Waals surface area contributed by atoms with Crippen molar-refractivity contribution in [2.45, 2.75) is 44.1 Å². The molecule has 1 unspecified atom stereocenters. The Labute approximate surface area is 215 Å². The molecule has 8 heteroatoms. The Bertz CT molecular complexity index is 1210. The SMILES string of the molecule is COC1O[C@H]([C@@H](C)OC(=O)c2ccccc2)[C@@H](OC(=O)c2ccccc2)[C@@]1(C)OC(=O)c1ccccc1. The van der Waals surface area contributed by atoms with Crippen LogP contribution in [0.1, 0.15) is 44.9 Å². The highest BCUT2D eigenvalue weighted by atomic mass is 16.7. The van der Waals surface area contributed by atoms with Gasteiger partial charge in [0.25, 0.3) is 0 Å². The lowest BCUT2D eigenvalue weighted by atomic mass is 9.94. The summed E-state index contributed by atoms with van der Waals surface area (Å²) in [5.41, 5.74) is -0.609. The maximum Gasteiger partial charge on any atom is 0.338 e. The third-order valence-corrected chi connectivity index (χ3v) is 6.16. The molecule has 1 aliphatic heterocycles. The van der Waals surface area contributed by atoms with Gasteiger partial charge < -0.3 is 23.7 Å². The first-order valence-electron chi connectivity index (χ1n) is 11.8. The molecule has 1 aliphatic rings. The normalized spacial score (nSPS) is 23.6. The highest BCUT2D eigenvalue weighted by Gasteiger charge is 2.61. The molecule has 37 heavy (non-hydrogen) atoms. The number of rotatable bonds is 8. The minimum Gasteiger partial charge on any atom is -0.456 e. The zero-order chi connectivity index (χ0) is 26.4. The van der Waals surface area contributed by atoms with Crippen LogP contribution in [0.5, 0.6) is 0 Å². The van der Waals surface area contributed by atoms with Crippen LogP contribution >= 0.6 is 0 Å². The molecular weight excluding hydrogens is 476 g/mol. The van der Waals surface area contributed by atoms with E-state index in [1.807, 2.05) is 0 Å². The van der Waals surface area contributed by atoms with Gasteiger partial charge in [-0.15, -0.1) is 0 Å². The highest BCUT2D eigenvalue weighted by Crippen LogP contribution is 2.40. The number of ether oxygens (including phenoxy) is 5. The molecule has 192 valence electrons. The average Bonchev–Trinajstić information content (AvgIpc) is 3.20. The lowest BCUT2D eigenvalue weighted by Gasteiger charge is -2.34. The summed E-state index contributed by atoms with van der Waals surface area (Å²) in [5, 5.41) is 0. The van der Waals surface area contributed by atoms with Gasteiger partial charge in [0.05, 0.1) is 16.7 Å². The molecule has 8 nitrogen and oxygen atoms in total. The monoisotopic (exact) mass is 504 g/mol. The van der Waals surface area contributed by atoms with E-state index in [1.54, 1.807) is 105 Å². The van der Waals surface area contributed by atoms with Gasteiger partial charge in [-0.25, -0.2) is 14.4 Å². The van der Waals surface area contributed by atoms with Crippen LogP contribution in [0.15, 0.2) is 91.0 Å². The minimum atomic E-state index is -1.57. The summed E-state index contributed by atoms with van der Waals surface area (Å²) in [5.74, 6) is -1.88. The second kappa shape index (κ2) is 11.4. The van der Waals surface area contributed by atoms with E-state index in [0.717, 1.165) is 0 Å². The second-order valence-corrected chi connectivity index (χ2v) is 8.78. The van der Waals surface area contributed by atoms with E-state index in [4.69, 9.17) is 23.7 Å². The summed E-state index contributed by atoms with van der Waals surface area (Å²) >= 11 is 0. The van der Waals surface area contributed by atoms with Crippen LogP contribution in [0.25, 0.3) is 0 Å². The smallest absolute Gasteiger partial charge is 0.338 e. The van der Waals surface area contributed by atoms with E-state index in [-0.39, 0.29) is 0 Å². The van der Waals surface area contributed by atoms with E-state index in [2.05, 4.69) is 0 Å². The summed E-state index contributed by atoms with van der Waals surface area (Å²) in [6, 6.07) is 25.3. The fourth-order valence-electron chi connectivity index (χ4n) is 4.21. The molecule has 0 aromatic heterocycles. The van der Waals surface area contributed by atoms with Crippen LogP contribution in [-0.4, -0.2) is 55.2 Å². The Balaban J connectivity index is 1.64. The number of methoxy groups -OCH3 is 1. The van der Waals surface area contributed by atoms with Crippen molar-refractivity contribution in [1.29, 1.82) is 0 Å². The van der Waals surface area contributed by atoms with Crippen LogP contribution in [0.4, 0.5) is 0 Å². The number of esters is 3. The fraction of sp³-hybridized carbons (Fsp3) is 0.276. The third-order valence-electron chi connectivity index (χ3n) is 6.16. The summed E-state index contributed by atoms with van der Waals surface area (Å²) in [6.07, 6.45) is -4.18. The maximum absolute atomic E-state index is 13.1. The molecule has 0 N–H and O–H groups in total. The zero-order valence-corrected chi connectivity index (χ0v) is 20.7. The van der Waals surface area contributed by atoms with E-state index < -0.39 is 48.1 Å². The Morgan fingerprint density at radius 3 is 1.70 bits per heavy atom. The predicted octanol–water partition coefficient (Wildman–Crippen LogP) is 4.44. The van der Waals surface area contributed by atoms with E-state index in [9.17, 15) is 14.4 Å². The lowest BCUT2D eigenvalue weighted by molar-refractivity contribution is -0.191. The molecule has 5 atom stereocenters. The first-order valence-corrected chi connectivity index (χ1v) is 11.8. The van der Waals surface area contributed by atoms with E-state index in [1.165, 1.54) is 7.11 Å². The van der Waals surface area contributed by atoms with Crippen molar-refractivity contribution < 1.29 is 38.1 Å². The lowest BCUT2D eigenvalue weighted by Crippen LogP contribution is -2.53. The summed E-state index contributed by atoms with van der Waals surface area (Å²) in [4.78, 5) is 38.9. The summed E-state index contributed by atoms with van der Waals surface area (Å²) < 4.78 is 29.0. The molecule has 0 amide bonds. The molecule has 1 saturated heterocycles. The van der Waals surface area contributed by atoms with Gasteiger partial charge in [0.15, 0.2) is 11.7 Å². The number of carbonyl (C=O) groups excluding carboxylic acids is 3. The van der Waals surface area contributed by atoms with Gasteiger partial charge in [0.1, 0.15) is 12.2 Å². The first-order chi connectivity index (χ1) is 17.8. The van der Waals surface area contributed by atoms with Crippen molar-refractivity contribution in [3.8, 4) is 0 Å². The van der Waals surface area contributed by atoms with Crippen LogP contribution in [0.3, 0.4) is 0 Å². The molecule has 1 fully saturated rings. The predicted molar refractivity (Wildman–Crippen MR) is 133 cm³/mol. The maximum atomic E-state index is 13.1. The molecule has 1 heterocycles. The Kier molecular flexibility index (Phi) is 8.01. The minimum absolute atomic E-state index is 0.299. The fourth-order valence-corrected chi connectivity index (χ4v) is 4.21. The van der Waals surface area contributed by atoms with Gasteiger partial charge in [-0.05, 0) is 50.2 Å². The average molecular weight is 505 g/mol. The molecular formula is C29H28O8. The van der Waals surface area contributed by atoms with Crippen molar-refractivity contribution in [2.24, 2.45) is 0 Å². The van der Waals surface area contributed by atoms with Crippen molar-refractivity contribution in [3.05, 3.63) is 108 Å². The van der Waals surface area contributed by atoms with Gasteiger partial charge in [-0.3, -0.25) is 0 Å². The zero-order valence-electron chi connectivity index (χ0n) is 20.7. The molecule has 0 saturated carbocycles. The first kappa shape index (κ1) is 26.1. The van der Waals surface area contributed by atoms with E-state index in [0.29, 0.717) is 16.7 Å². The van der Waals surface area contributed by atoms with Crippen LogP contribution in [0.2, 0.25) is 0 Å². The van der Waals surface area contributed by atoms with Crippen molar-refractivity contribution in [2.75, 3.05) is 7.11 Å². The Morgan fingerprint density at radius 2 is 1.22 bits per heavy atom. The topological polar surface area (TPSA) is 97.4 Å². The van der Waals surface area contributed by atoms with Gasteiger partial charge in [0, 0.05) is 7.11 Å². The Morgan fingerprint density at radius 1 is 0.757 bits per heavy atom. The summed E-state index contributed by atoms with van der Waals surface area (Å²) in [7, 11) is 1.39. The molecule has 0 aliphatic carbocycles. The largest absolute Gasteiger partial charge is 0.456 e. The number of hydrogen-bond acceptors (Lipinski definition) is 8. The van der Waals surface area contributed by atoms with E-state index >= 15 is 0 Å².